The number of nitrogens with zero attached hydrogens (tertiary/aromatic N) is 1. The maximum absolute atomic E-state index is 10.7. The predicted molar refractivity (Wildman–Crippen MR) is 68.5 cm³/mol. The zero-order chi connectivity index (χ0) is 13.1. The van der Waals surface area contributed by atoms with Crippen molar-refractivity contribution in [2.45, 2.75) is 58.8 Å². The van der Waals surface area contributed by atoms with Gasteiger partial charge >= 0.3 is 0 Å². The third kappa shape index (κ3) is 1.52. The van der Waals surface area contributed by atoms with Gasteiger partial charge in [0, 0.05) is 12.5 Å². The first-order chi connectivity index (χ1) is 7.65. The molecule has 17 heavy (non-hydrogen) atoms. The van der Waals surface area contributed by atoms with Crippen molar-refractivity contribution in [2.24, 2.45) is 17.3 Å². The highest BCUT2D eigenvalue weighted by atomic mass is 16.5. The molecule has 0 saturated carbocycles. The average molecular weight is 241 g/mol. The van der Waals surface area contributed by atoms with Gasteiger partial charge in [0.15, 0.2) is 5.79 Å². The SMILES string of the molecule is CC1CN2CCC(C)(C)[C@@]2(C(O)(O)C(C)C)C1. The molecule has 0 aromatic heterocycles. The van der Waals surface area contributed by atoms with Crippen molar-refractivity contribution < 1.29 is 10.2 Å². The first-order valence-corrected chi connectivity index (χ1v) is 6.85. The highest BCUT2D eigenvalue weighted by Gasteiger charge is 2.68. The van der Waals surface area contributed by atoms with Gasteiger partial charge in [-0.2, -0.15) is 0 Å². The van der Waals surface area contributed by atoms with Crippen LogP contribution in [0.5, 0.6) is 0 Å². The lowest BCUT2D eigenvalue weighted by Crippen LogP contribution is -2.67. The average Bonchev–Trinajstić information content (AvgIpc) is 2.63. The Hall–Kier alpha value is -0.120. The topological polar surface area (TPSA) is 43.7 Å². The minimum atomic E-state index is -1.60. The lowest BCUT2D eigenvalue weighted by Gasteiger charge is -2.52. The van der Waals surface area contributed by atoms with E-state index in [2.05, 4.69) is 25.7 Å². The maximum Gasteiger partial charge on any atom is 0.184 e. The highest BCUT2D eigenvalue weighted by Crippen LogP contribution is 2.58. The third-order valence-electron chi connectivity index (χ3n) is 5.26. The van der Waals surface area contributed by atoms with Crippen LogP contribution in [0, 0.1) is 17.3 Å². The lowest BCUT2D eigenvalue weighted by molar-refractivity contribution is -0.281. The van der Waals surface area contributed by atoms with Gasteiger partial charge in [0.05, 0.1) is 5.54 Å². The van der Waals surface area contributed by atoms with Crippen LogP contribution in [0.25, 0.3) is 0 Å². The first-order valence-electron chi connectivity index (χ1n) is 6.85. The Labute approximate surface area is 105 Å². The Balaban J connectivity index is 2.49. The van der Waals surface area contributed by atoms with Gasteiger partial charge in [-0.3, -0.25) is 4.90 Å². The molecule has 0 aliphatic carbocycles. The van der Waals surface area contributed by atoms with Crippen LogP contribution in [0.3, 0.4) is 0 Å². The fourth-order valence-electron chi connectivity index (χ4n) is 4.20. The van der Waals surface area contributed by atoms with E-state index in [1.165, 1.54) is 0 Å². The van der Waals surface area contributed by atoms with Crippen molar-refractivity contribution in [1.82, 2.24) is 4.90 Å². The van der Waals surface area contributed by atoms with Gasteiger partial charge in [-0.05, 0) is 30.7 Å². The molecule has 0 aromatic rings. The summed E-state index contributed by atoms with van der Waals surface area (Å²) in [7, 11) is 0. The molecule has 2 aliphatic heterocycles. The molecular weight excluding hydrogens is 214 g/mol. The second-order valence-electron chi connectivity index (χ2n) is 7.13. The molecule has 2 fully saturated rings. The summed E-state index contributed by atoms with van der Waals surface area (Å²) in [5.74, 6) is -1.20. The van der Waals surface area contributed by atoms with Crippen LogP contribution in [-0.2, 0) is 0 Å². The quantitative estimate of drug-likeness (QED) is 0.725. The summed E-state index contributed by atoms with van der Waals surface area (Å²) in [6, 6.07) is 0. The fourth-order valence-corrected chi connectivity index (χ4v) is 4.20. The summed E-state index contributed by atoms with van der Waals surface area (Å²) in [6.45, 7) is 12.4. The van der Waals surface area contributed by atoms with E-state index in [1.807, 2.05) is 13.8 Å². The normalized spacial score (nSPS) is 37.8. The number of rotatable bonds is 2. The van der Waals surface area contributed by atoms with Gasteiger partial charge in [0.1, 0.15) is 0 Å². The van der Waals surface area contributed by atoms with Crippen LogP contribution < -0.4 is 0 Å². The molecule has 0 bridgehead atoms. The van der Waals surface area contributed by atoms with Crippen LogP contribution in [0.2, 0.25) is 0 Å². The standard InChI is InChI=1S/C14H27NO2/c1-10(2)14(16,17)13-8-11(3)9-15(13)7-6-12(13,4)5/h10-11,16-17H,6-9H2,1-5H3/t11?,13-/m1/s1. The van der Waals surface area contributed by atoms with E-state index < -0.39 is 11.3 Å². The number of fused-ring (bicyclic) bond motifs is 1. The molecule has 0 radical (unpaired) electrons. The zero-order valence-corrected chi connectivity index (χ0v) is 11.8. The van der Waals surface area contributed by atoms with Crippen molar-refractivity contribution in [2.75, 3.05) is 13.1 Å². The Kier molecular flexibility index (Phi) is 2.89. The summed E-state index contributed by atoms with van der Waals surface area (Å²) < 4.78 is 0. The van der Waals surface area contributed by atoms with Gasteiger partial charge in [0.25, 0.3) is 0 Å². The highest BCUT2D eigenvalue weighted by molar-refractivity contribution is 5.18. The second kappa shape index (κ2) is 3.69. The summed E-state index contributed by atoms with van der Waals surface area (Å²) in [5.41, 5.74) is -0.501. The van der Waals surface area contributed by atoms with Gasteiger partial charge in [0.2, 0.25) is 0 Å². The van der Waals surface area contributed by atoms with E-state index in [9.17, 15) is 10.2 Å². The summed E-state index contributed by atoms with van der Waals surface area (Å²) in [6.07, 6.45) is 1.94. The van der Waals surface area contributed by atoms with Crippen LogP contribution in [-0.4, -0.2) is 39.5 Å². The Morgan fingerprint density at radius 2 is 1.88 bits per heavy atom. The molecule has 1 unspecified atom stereocenters. The van der Waals surface area contributed by atoms with E-state index >= 15 is 0 Å². The number of aliphatic hydroxyl groups is 2. The van der Waals surface area contributed by atoms with Gasteiger partial charge < -0.3 is 10.2 Å². The molecule has 2 rings (SSSR count). The molecule has 3 heteroatoms. The molecule has 2 atom stereocenters. The maximum atomic E-state index is 10.7. The molecule has 0 aromatic carbocycles. The van der Waals surface area contributed by atoms with Crippen molar-refractivity contribution >= 4 is 0 Å². The third-order valence-corrected chi connectivity index (χ3v) is 5.26. The van der Waals surface area contributed by atoms with E-state index in [4.69, 9.17) is 0 Å². The van der Waals surface area contributed by atoms with E-state index in [0.717, 1.165) is 25.9 Å². The largest absolute Gasteiger partial charge is 0.364 e. The molecule has 2 aliphatic rings. The van der Waals surface area contributed by atoms with Gasteiger partial charge in [-0.25, -0.2) is 0 Å². The molecular formula is C14H27NO2. The van der Waals surface area contributed by atoms with E-state index in [-0.39, 0.29) is 11.3 Å². The monoisotopic (exact) mass is 241 g/mol. The van der Waals surface area contributed by atoms with Crippen LogP contribution in [0.15, 0.2) is 0 Å². The number of hydrogen-bond donors (Lipinski definition) is 2. The van der Waals surface area contributed by atoms with E-state index in [1.54, 1.807) is 0 Å². The van der Waals surface area contributed by atoms with Gasteiger partial charge in [-0.15, -0.1) is 0 Å². The molecule has 3 nitrogen and oxygen atoms in total. The summed E-state index contributed by atoms with van der Waals surface area (Å²) in [4.78, 5) is 2.33. The summed E-state index contributed by atoms with van der Waals surface area (Å²) in [5, 5.41) is 21.4. The van der Waals surface area contributed by atoms with Crippen LogP contribution >= 0.6 is 0 Å². The molecule has 0 spiro atoms. The Bertz CT molecular complexity index is 311. The Morgan fingerprint density at radius 1 is 1.29 bits per heavy atom. The minimum Gasteiger partial charge on any atom is -0.364 e. The second-order valence-corrected chi connectivity index (χ2v) is 7.13. The first kappa shape index (κ1) is 13.3. The van der Waals surface area contributed by atoms with Crippen molar-refractivity contribution in [3.63, 3.8) is 0 Å². The van der Waals surface area contributed by atoms with Gasteiger partial charge in [-0.1, -0.05) is 34.6 Å². The zero-order valence-electron chi connectivity index (χ0n) is 11.8. The van der Waals surface area contributed by atoms with Crippen LogP contribution in [0.4, 0.5) is 0 Å². The van der Waals surface area contributed by atoms with Crippen molar-refractivity contribution in [3.05, 3.63) is 0 Å². The molecule has 100 valence electrons. The van der Waals surface area contributed by atoms with Crippen molar-refractivity contribution in [3.8, 4) is 0 Å². The summed E-state index contributed by atoms with van der Waals surface area (Å²) >= 11 is 0. The predicted octanol–water partition coefficient (Wildman–Crippen LogP) is 1.83. The lowest BCUT2D eigenvalue weighted by atomic mass is 9.63. The Morgan fingerprint density at radius 3 is 2.41 bits per heavy atom. The molecule has 2 N–H and O–H groups in total. The van der Waals surface area contributed by atoms with Crippen LogP contribution in [0.1, 0.15) is 47.5 Å². The van der Waals surface area contributed by atoms with Crippen molar-refractivity contribution in [1.29, 1.82) is 0 Å². The minimum absolute atomic E-state index is 0.0362. The molecule has 2 heterocycles. The fraction of sp³-hybridized carbons (Fsp3) is 1.00. The molecule has 2 saturated heterocycles. The number of hydrogen-bond acceptors (Lipinski definition) is 3. The molecule has 0 amide bonds. The smallest absolute Gasteiger partial charge is 0.184 e. The van der Waals surface area contributed by atoms with E-state index in [0.29, 0.717) is 5.92 Å².